The third kappa shape index (κ3) is 8.17. The number of nitrogens with one attached hydrogen (secondary N) is 2. The maximum atomic E-state index is 5.63. The fourth-order valence-electron chi connectivity index (χ4n) is 3.39. The summed E-state index contributed by atoms with van der Waals surface area (Å²) >= 11 is 0. The summed E-state index contributed by atoms with van der Waals surface area (Å²) in [6, 6.07) is 12.3. The van der Waals surface area contributed by atoms with Gasteiger partial charge in [0.1, 0.15) is 11.6 Å². The topological polar surface area (TPSA) is 71.0 Å². The number of hydrogen-bond acceptors (Lipinski definition) is 5. The highest BCUT2D eigenvalue weighted by molar-refractivity contribution is 14.0. The molecule has 31 heavy (non-hydrogen) atoms. The number of halogens is 1. The number of morpholine rings is 1. The van der Waals surface area contributed by atoms with Crippen LogP contribution in [0.2, 0.25) is 0 Å². The zero-order valence-corrected chi connectivity index (χ0v) is 21.0. The maximum Gasteiger partial charge on any atom is 0.191 e. The van der Waals surface area contributed by atoms with Crippen LogP contribution in [0.25, 0.3) is 0 Å². The van der Waals surface area contributed by atoms with Crippen LogP contribution in [0.4, 0.5) is 5.82 Å². The number of methoxy groups -OCH3 is 1. The molecular formula is C23H34IN5O2. The van der Waals surface area contributed by atoms with Gasteiger partial charge >= 0.3 is 0 Å². The van der Waals surface area contributed by atoms with Crippen molar-refractivity contribution in [1.82, 2.24) is 15.6 Å². The Labute approximate surface area is 202 Å². The first-order valence-electron chi connectivity index (χ1n) is 10.6. The second-order valence-corrected chi connectivity index (χ2v) is 7.37. The van der Waals surface area contributed by atoms with Crippen LogP contribution in [0, 0.1) is 0 Å². The van der Waals surface area contributed by atoms with Gasteiger partial charge in [0.2, 0.25) is 0 Å². The van der Waals surface area contributed by atoms with E-state index in [1.54, 1.807) is 7.11 Å². The predicted molar refractivity (Wildman–Crippen MR) is 137 cm³/mol. The molecule has 2 aromatic rings. The van der Waals surface area contributed by atoms with Crippen LogP contribution >= 0.6 is 24.0 Å². The van der Waals surface area contributed by atoms with Crippen molar-refractivity contribution in [3.63, 3.8) is 0 Å². The molecule has 170 valence electrons. The molecule has 0 spiro atoms. The molecule has 1 aliphatic heterocycles. The predicted octanol–water partition coefficient (Wildman–Crippen LogP) is 3.23. The van der Waals surface area contributed by atoms with Gasteiger partial charge in [0.15, 0.2) is 5.96 Å². The van der Waals surface area contributed by atoms with Crippen LogP contribution in [0.15, 0.2) is 47.6 Å². The molecule has 1 atom stereocenters. The van der Waals surface area contributed by atoms with Gasteiger partial charge in [0, 0.05) is 32.4 Å². The number of aromatic nitrogens is 1. The Morgan fingerprint density at radius 3 is 2.74 bits per heavy atom. The van der Waals surface area contributed by atoms with E-state index < -0.39 is 0 Å². The fraction of sp³-hybridized carbons (Fsp3) is 0.478. The second kappa shape index (κ2) is 13.4. The second-order valence-electron chi connectivity index (χ2n) is 7.37. The summed E-state index contributed by atoms with van der Waals surface area (Å²) in [7, 11) is 1.68. The van der Waals surface area contributed by atoms with Gasteiger partial charge in [-0.1, -0.05) is 12.1 Å². The third-order valence-electron chi connectivity index (χ3n) is 5.00. The largest absolute Gasteiger partial charge is 0.497 e. The minimum Gasteiger partial charge on any atom is -0.497 e. The molecule has 1 unspecified atom stereocenters. The van der Waals surface area contributed by atoms with E-state index in [0.29, 0.717) is 6.54 Å². The fourth-order valence-corrected chi connectivity index (χ4v) is 3.39. The van der Waals surface area contributed by atoms with Crippen molar-refractivity contribution in [1.29, 1.82) is 0 Å². The van der Waals surface area contributed by atoms with Gasteiger partial charge < -0.3 is 25.0 Å². The van der Waals surface area contributed by atoms with Crippen molar-refractivity contribution < 1.29 is 9.47 Å². The molecule has 2 N–H and O–H groups in total. The minimum atomic E-state index is 0. The van der Waals surface area contributed by atoms with Gasteiger partial charge in [0.25, 0.3) is 0 Å². The molecule has 1 aromatic heterocycles. The lowest BCUT2D eigenvalue weighted by Crippen LogP contribution is -2.41. The monoisotopic (exact) mass is 539 g/mol. The lowest BCUT2D eigenvalue weighted by atomic mass is 10.1. The Balaban J connectivity index is 0.00000341. The van der Waals surface area contributed by atoms with E-state index in [9.17, 15) is 0 Å². The standard InChI is InChI=1S/C23H33N5O2.HI/c1-4-24-23(26-12-9-19-5-7-21(29-3)8-6-19)27-16-20-10-11-25-22(15-20)28-13-14-30-18(2)17-28;/h5-8,10-11,15,18H,4,9,12-14,16-17H2,1-3H3,(H2,24,26,27);1H. The molecular weight excluding hydrogens is 505 g/mol. The molecule has 1 aromatic carbocycles. The molecule has 0 amide bonds. The van der Waals surface area contributed by atoms with Crippen molar-refractivity contribution in [3.05, 3.63) is 53.7 Å². The number of rotatable bonds is 8. The van der Waals surface area contributed by atoms with Crippen molar-refractivity contribution in [3.8, 4) is 5.75 Å². The summed E-state index contributed by atoms with van der Waals surface area (Å²) in [5.41, 5.74) is 2.41. The smallest absolute Gasteiger partial charge is 0.191 e. The first-order chi connectivity index (χ1) is 14.7. The number of benzene rings is 1. The van der Waals surface area contributed by atoms with E-state index in [1.807, 2.05) is 24.4 Å². The van der Waals surface area contributed by atoms with Crippen molar-refractivity contribution in [2.45, 2.75) is 32.9 Å². The molecule has 0 radical (unpaired) electrons. The molecule has 8 heteroatoms. The number of ether oxygens (including phenoxy) is 2. The first kappa shape index (κ1) is 25.2. The molecule has 0 saturated carbocycles. The molecule has 0 aliphatic carbocycles. The van der Waals surface area contributed by atoms with E-state index in [4.69, 9.17) is 14.5 Å². The maximum absolute atomic E-state index is 5.63. The molecule has 1 fully saturated rings. The lowest BCUT2D eigenvalue weighted by Gasteiger charge is -2.32. The Hall–Kier alpha value is -2.07. The Bertz CT molecular complexity index is 816. The molecule has 0 bridgehead atoms. The summed E-state index contributed by atoms with van der Waals surface area (Å²) in [5, 5.41) is 6.73. The quantitative estimate of drug-likeness (QED) is 0.305. The van der Waals surface area contributed by atoms with Crippen molar-refractivity contribution >= 4 is 35.8 Å². The minimum absolute atomic E-state index is 0. The molecule has 3 rings (SSSR count). The van der Waals surface area contributed by atoms with Crippen LogP contribution < -0.4 is 20.3 Å². The SMILES string of the molecule is CCNC(=NCc1ccnc(N2CCOC(C)C2)c1)NCCc1ccc(OC)cc1.I. The molecule has 2 heterocycles. The van der Waals surface area contributed by atoms with Crippen molar-refractivity contribution in [2.24, 2.45) is 4.99 Å². The van der Waals surface area contributed by atoms with Crippen LogP contribution in [-0.2, 0) is 17.7 Å². The Morgan fingerprint density at radius 1 is 1.23 bits per heavy atom. The summed E-state index contributed by atoms with van der Waals surface area (Å²) < 4.78 is 10.8. The van der Waals surface area contributed by atoms with Gasteiger partial charge in [-0.05, 0) is 55.7 Å². The van der Waals surface area contributed by atoms with E-state index in [2.05, 4.69) is 52.6 Å². The first-order valence-corrected chi connectivity index (χ1v) is 10.6. The molecule has 7 nitrogen and oxygen atoms in total. The molecule has 1 aliphatic rings. The van der Waals surface area contributed by atoms with Gasteiger partial charge in [-0.25, -0.2) is 9.98 Å². The van der Waals surface area contributed by atoms with E-state index in [0.717, 1.165) is 62.3 Å². The average Bonchev–Trinajstić information content (AvgIpc) is 2.78. The van der Waals surface area contributed by atoms with Crippen LogP contribution in [0.3, 0.4) is 0 Å². The highest BCUT2D eigenvalue weighted by Gasteiger charge is 2.17. The van der Waals surface area contributed by atoms with E-state index in [-0.39, 0.29) is 30.1 Å². The number of hydrogen-bond donors (Lipinski definition) is 2. The number of guanidine groups is 1. The lowest BCUT2D eigenvalue weighted by molar-refractivity contribution is 0.0529. The zero-order chi connectivity index (χ0) is 21.2. The number of anilines is 1. The highest BCUT2D eigenvalue weighted by Crippen LogP contribution is 2.17. The van der Waals surface area contributed by atoms with Crippen LogP contribution in [-0.4, -0.2) is 56.9 Å². The van der Waals surface area contributed by atoms with Gasteiger partial charge in [0.05, 0.1) is 26.4 Å². The highest BCUT2D eigenvalue weighted by atomic mass is 127. The van der Waals surface area contributed by atoms with Gasteiger partial charge in [-0.3, -0.25) is 0 Å². The normalized spacial score (nSPS) is 16.4. The van der Waals surface area contributed by atoms with E-state index in [1.165, 1.54) is 5.56 Å². The summed E-state index contributed by atoms with van der Waals surface area (Å²) in [4.78, 5) is 11.6. The number of nitrogens with zero attached hydrogens (tertiary/aromatic N) is 3. The van der Waals surface area contributed by atoms with Crippen LogP contribution in [0.5, 0.6) is 5.75 Å². The van der Waals surface area contributed by atoms with Gasteiger partial charge in [-0.15, -0.1) is 24.0 Å². The Kier molecular flexibility index (Phi) is 10.9. The van der Waals surface area contributed by atoms with E-state index >= 15 is 0 Å². The zero-order valence-electron chi connectivity index (χ0n) is 18.6. The third-order valence-corrected chi connectivity index (χ3v) is 5.00. The molecule has 1 saturated heterocycles. The summed E-state index contributed by atoms with van der Waals surface area (Å²) in [6.07, 6.45) is 3.02. The summed E-state index contributed by atoms with van der Waals surface area (Å²) in [6.45, 7) is 8.90. The van der Waals surface area contributed by atoms with Gasteiger partial charge in [-0.2, -0.15) is 0 Å². The average molecular weight is 539 g/mol. The Morgan fingerprint density at radius 2 is 2.03 bits per heavy atom. The summed E-state index contributed by atoms with van der Waals surface area (Å²) in [5.74, 6) is 2.70. The van der Waals surface area contributed by atoms with Crippen LogP contribution in [0.1, 0.15) is 25.0 Å². The number of aliphatic imine (C=N–C) groups is 1. The number of pyridine rings is 1. The van der Waals surface area contributed by atoms with Crippen molar-refractivity contribution in [2.75, 3.05) is 44.8 Å².